The summed E-state index contributed by atoms with van der Waals surface area (Å²) in [6.07, 6.45) is 0.862. The standard InChI is InChI=1S/C17H27ClN4O.HI/c1-13(2)11-20-17(21-12-16(23)22(3)4)19-10-9-14-5-7-15(18)8-6-14;/h5-8,13H,9-12H2,1-4H3,(H2,19,20,21);1H. The van der Waals surface area contributed by atoms with E-state index in [0.29, 0.717) is 11.9 Å². The number of aliphatic imine (C=N–C) groups is 1. The van der Waals surface area contributed by atoms with E-state index in [-0.39, 0.29) is 36.4 Å². The van der Waals surface area contributed by atoms with Gasteiger partial charge in [0.15, 0.2) is 5.96 Å². The van der Waals surface area contributed by atoms with Crippen LogP contribution < -0.4 is 10.6 Å². The summed E-state index contributed by atoms with van der Waals surface area (Å²) in [6.45, 7) is 5.94. The van der Waals surface area contributed by atoms with E-state index in [2.05, 4.69) is 29.5 Å². The summed E-state index contributed by atoms with van der Waals surface area (Å²) < 4.78 is 0. The predicted octanol–water partition coefficient (Wildman–Crippen LogP) is 2.78. The Morgan fingerprint density at radius 2 is 1.83 bits per heavy atom. The number of carbonyl (C=O) groups excluding carboxylic acids is 1. The average molecular weight is 467 g/mol. The highest BCUT2D eigenvalue weighted by molar-refractivity contribution is 14.0. The van der Waals surface area contributed by atoms with Crippen molar-refractivity contribution in [2.75, 3.05) is 33.7 Å². The maximum Gasteiger partial charge on any atom is 0.243 e. The van der Waals surface area contributed by atoms with Crippen LogP contribution in [-0.4, -0.2) is 50.5 Å². The van der Waals surface area contributed by atoms with Crippen LogP contribution in [0.5, 0.6) is 0 Å². The lowest BCUT2D eigenvalue weighted by Gasteiger charge is -2.15. The van der Waals surface area contributed by atoms with Crippen LogP contribution in [0.4, 0.5) is 0 Å². The van der Waals surface area contributed by atoms with Gasteiger partial charge in [-0.15, -0.1) is 24.0 Å². The summed E-state index contributed by atoms with van der Waals surface area (Å²) in [4.78, 5) is 17.5. The lowest BCUT2D eigenvalue weighted by molar-refractivity contribution is -0.127. The van der Waals surface area contributed by atoms with E-state index in [4.69, 9.17) is 11.6 Å². The van der Waals surface area contributed by atoms with Crippen molar-refractivity contribution in [2.45, 2.75) is 20.3 Å². The third-order valence-corrected chi connectivity index (χ3v) is 3.42. The SMILES string of the molecule is CC(C)CNC(=NCC(=O)N(C)C)NCCc1ccc(Cl)cc1.I. The summed E-state index contributed by atoms with van der Waals surface area (Å²) in [7, 11) is 3.46. The monoisotopic (exact) mass is 466 g/mol. The predicted molar refractivity (Wildman–Crippen MR) is 112 cm³/mol. The van der Waals surface area contributed by atoms with Gasteiger partial charge < -0.3 is 15.5 Å². The van der Waals surface area contributed by atoms with Gasteiger partial charge in [0, 0.05) is 32.2 Å². The van der Waals surface area contributed by atoms with Crippen LogP contribution in [0.1, 0.15) is 19.4 Å². The van der Waals surface area contributed by atoms with Crippen LogP contribution in [0.15, 0.2) is 29.3 Å². The quantitative estimate of drug-likeness (QED) is 0.369. The molecule has 0 radical (unpaired) electrons. The number of amides is 1. The smallest absolute Gasteiger partial charge is 0.243 e. The minimum absolute atomic E-state index is 0. The van der Waals surface area contributed by atoms with Crippen molar-refractivity contribution in [1.82, 2.24) is 15.5 Å². The molecule has 0 aromatic heterocycles. The average Bonchev–Trinajstić information content (AvgIpc) is 2.50. The second kappa shape index (κ2) is 12.4. The molecule has 1 amide bonds. The number of benzene rings is 1. The molecule has 5 nitrogen and oxygen atoms in total. The molecule has 136 valence electrons. The Kier molecular flexibility index (Phi) is 11.8. The first kappa shape index (κ1) is 23.0. The fraction of sp³-hybridized carbons (Fsp3) is 0.529. The molecule has 0 aliphatic carbocycles. The van der Waals surface area contributed by atoms with Crippen molar-refractivity contribution in [2.24, 2.45) is 10.9 Å². The Labute approximate surface area is 167 Å². The Bertz CT molecular complexity index is 518. The Morgan fingerprint density at radius 3 is 2.38 bits per heavy atom. The van der Waals surface area contributed by atoms with E-state index in [1.165, 1.54) is 10.5 Å². The summed E-state index contributed by atoms with van der Waals surface area (Å²) in [6, 6.07) is 7.80. The van der Waals surface area contributed by atoms with Gasteiger partial charge in [0.1, 0.15) is 6.54 Å². The third-order valence-electron chi connectivity index (χ3n) is 3.17. The van der Waals surface area contributed by atoms with Crippen molar-refractivity contribution in [3.63, 3.8) is 0 Å². The van der Waals surface area contributed by atoms with Gasteiger partial charge in [-0.3, -0.25) is 4.79 Å². The number of halogens is 2. The van der Waals surface area contributed by atoms with E-state index in [9.17, 15) is 4.79 Å². The molecule has 0 saturated carbocycles. The summed E-state index contributed by atoms with van der Waals surface area (Å²) in [5.41, 5.74) is 1.20. The number of hydrogen-bond donors (Lipinski definition) is 2. The maximum atomic E-state index is 11.7. The molecule has 0 unspecified atom stereocenters. The fourth-order valence-electron chi connectivity index (χ4n) is 1.74. The molecule has 0 atom stereocenters. The number of rotatable bonds is 7. The molecular weight excluding hydrogens is 439 g/mol. The van der Waals surface area contributed by atoms with Crippen LogP contribution in [0.25, 0.3) is 0 Å². The molecule has 0 bridgehead atoms. The molecule has 0 aliphatic heterocycles. The third kappa shape index (κ3) is 9.97. The summed E-state index contributed by atoms with van der Waals surface area (Å²) in [5.74, 6) is 1.15. The van der Waals surface area contributed by atoms with Gasteiger partial charge in [-0.2, -0.15) is 0 Å². The molecule has 0 fully saturated rings. The second-order valence-corrected chi connectivity index (χ2v) is 6.47. The Morgan fingerprint density at radius 1 is 1.21 bits per heavy atom. The van der Waals surface area contributed by atoms with Gasteiger partial charge in [-0.1, -0.05) is 37.6 Å². The van der Waals surface area contributed by atoms with Crippen LogP contribution in [0, 0.1) is 5.92 Å². The van der Waals surface area contributed by atoms with Crippen LogP contribution in [0.3, 0.4) is 0 Å². The molecule has 0 spiro atoms. The minimum atomic E-state index is -0.0200. The number of hydrogen-bond acceptors (Lipinski definition) is 2. The largest absolute Gasteiger partial charge is 0.356 e. The zero-order chi connectivity index (χ0) is 17.2. The van der Waals surface area contributed by atoms with Crippen molar-refractivity contribution < 1.29 is 4.79 Å². The van der Waals surface area contributed by atoms with E-state index in [1.807, 2.05) is 24.3 Å². The number of nitrogens with one attached hydrogen (secondary N) is 2. The molecule has 0 saturated heterocycles. The van der Waals surface area contributed by atoms with Gasteiger partial charge >= 0.3 is 0 Å². The number of guanidine groups is 1. The molecule has 24 heavy (non-hydrogen) atoms. The fourth-order valence-corrected chi connectivity index (χ4v) is 1.87. The highest BCUT2D eigenvalue weighted by Crippen LogP contribution is 2.09. The Hall–Kier alpha value is -1.02. The van der Waals surface area contributed by atoms with Crippen LogP contribution in [0.2, 0.25) is 5.02 Å². The zero-order valence-electron chi connectivity index (χ0n) is 14.8. The molecule has 2 N–H and O–H groups in total. The highest BCUT2D eigenvalue weighted by Gasteiger charge is 2.05. The lowest BCUT2D eigenvalue weighted by Crippen LogP contribution is -2.41. The first-order valence-electron chi connectivity index (χ1n) is 7.85. The number of nitrogens with zero attached hydrogens (tertiary/aromatic N) is 2. The van der Waals surface area contributed by atoms with Crippen molar-refractivity contribution in [3.8, 4) is 0 Å². The van der Waals surface area contributed by atoms with Gasteiger partial charge in [0.2, 0.25) is 5.91 Å². The number of carbonyl (C=O) groups is 1. The molecule has 7 heteroatoms. The van der Waals surface area contributed by atoms with Gasteiger partial charge in [0.25, 0.3) is 0 Å². The van der Waals surface area contributed by atoms with Crippen molar-refractivity contribution in [1.29, 1.82) is 0 Å². The van der Waals surface area contributed by atoms with Crippen molar-refractivity contribution >= 4 is 47.4 Å². The highest BCUT2D eigenvalue weighted by atomic mass is 127. The first-order chi connectivity index (χ1) is 10.9. The van der Waals surface area contributed by atoms with Crippen LogP contribution in [-0.2, 0) is 11.2 Å². The normalized spacial score (nSPS) is 11.0. The second-order valence-electron chi connectivity index (χ2n) is 6.03. The Balaban J connectivity index is 0.00000529. The summed E-state index contributed by atoms with van der Waals surface area (Å²) >= 11 is 5.88. The van der Waals surface area contributed by atoms with Crippen molar-refractivity contribution in [3.05, 3.63) is 34.9 Å². The number of likely N-dealkylation sites (N-methyl/N-ethyl adjacent to an activating group) is 1. The molecule has 1 rings (SSSR count). The maximum absolute atomic E-state index is 11.7. The molecule has 0 heterocycles. The van der Waals surface area contributed by atoms with E-state index >= 15 is 0 Å². The van der Waals surface area contributed by atoms with E-state index in [0.717, 1.165) is 24.5 Å². The summed E-state index contributed by atoms with van der Waals surface area (Å²) in [5, 5.41) is 7.26. The van der Waals surface area contributed by atoms with E-state index in [1.54, 1.807) is 14.1 Å². The lowest BCUT2D eigenvalue weighted by atomic mass is 10.1. The molecule has 1 aromatic carbocycles. The van der Waals surface area contributed by atoms with Gasteiger partial charge in [-0.05, 0) is 30.0 Å². The van der Waals surface area contributed by atoms with E-state index < -0.39 is 0 Å². The van der Waals surface area contributed by atoms with Gasteiger partial charge in [0.05, 0.1) is 0 Å². The topological polar surface area (TPSA) is 56.7 Å². The first-order valence-corrected chi connectivity index (χ1v) is 8.23. The molecule has 0 aliphatic rings. The molecular formula is C17H28ClIN4O. The van der Waals surface area contributed by atoms with Crippen LogP contribution >= 0.6 is 35.6 Å². The molecule has 1 aromatic rings. The minimum Gasteiger partial charge on any atom is -0.356 e. The zero-order valence-corrected chi connectivity index (χ0v) is 17.9. The van der Waals surface area contributed by atoms with Gasteiger partial charge in [-0.25, -0.2) is 4.99 Å².